The molecule has 0 aliphatic carbocycles. The van der Waals surface area contributed by atoms with Crippen molar-refractivity contribution in [2.24, 2.45) is 5.92 Å². The Kier molecular flexibility index (Phi) is 4.05. The smallest absolute Gasteiger partial charge is 0.233 e. The van der Waals surface area contributed by atoms with Gasteiger partial charge in [-0.05, 0) is 41.8 Å². The molecule has 2 aliphatic heterocycles. The van der Waals surface area contributed by atoms with E-state index in [0.29, 0.717) is 18.2 Å². The first-order valence-electron chi connectivity index (χ1n) is 8.99. The maximum Gasteiger partial charge on any atom is 0.233 e. The van der Waals surface area contributed by atoms with E-state index in [1.807, 2.05) is 41.8 Å². The molecule has 3 heterocycles. The summed E-state index contributed by atoms with van der Waals surface area (Å²) in [5.41, 5.74) is 4.20. The van der Waals surface area contributed by atoms with Crippen LogP contribution in [0, 0.1) is 5.92 Å². The van der Waals surface area contributed by atoms with Crippen LogP contribution in [0.4, 0.5) is 5.13 Å². The summed E-state index contributed by atoms with van der Waals surface area (Å²) in [6.45, 7) is 1.13. The summed E-state index contributed by atoms with van der Waals surface area (Å²) >= 11 is 1.44. The number of aromatic nitrogens is 1. The monoisotopic (exact) mass is 378 g/mol. The summed E-state index contributed by atoms with van der Waals surface area (Å²) in [5.74, 6) is 1.58. The highest BCUT2D eigenvalue weighted by atomic mass is 32.1. The molecular formula is C21H18N2O3S. The van der Waals surface area contributed by atoms with Crippen molar-refractivity contribution in [3.8, 4) is 22.8 Å². The highest BCUT2D eigenvalue weighted by Gasteiger charge is 2.26. The molecule has 5 nitrogen and oxygen atoms in total. The average molecular weight is 378 g/mol. The summed E-state index contributed by atoms with van der Waals surface area (Å²) in [6, 6.07) is 14.0. The van der Waals surface area contributed by atoms with Crippen LogP contribution in [0.15, 0.2) is 47.8 Å². The molecule has 1 atom stereocenters. The number of nitrogens with zero attached hydrogens (tertiary/aromatic N) is 1. The third-order valence-corrected chi connectivity index (χ3v) is 5.73. The zero-order valence-electron chi connectivity index (χ0n) is 14.6. The Labute approximate surface area is 161 Å². The maximum atomic E-state index is 12.6. The molecule has 2 aliphatic rings. The van der Waals surface area contributed by atoms with Crippen molar-refractivity contribution in [3.05, 3.63) is 59.0 Å². The van der Waals surface area contributed by atoms with Crippen LogP contribution in [0.3, 0.4) is 0 Å². The highest BCUT2D eigenvalue weighted by Crippen LogP contribution is 2.32. The van der Waals surface area contributed by atoms with Gasteiger partial charge in [-0.15, -0.1) is 11.3 Å². The molecule has 136 valence electrons. The normalized spacial score (nSPS) is 17.4. The van der Waals surface area contributed by atoms with Crippen molar-refractivity contribution in [2.45, 2.75) is 12.8 Å². The van der Waals surface area contributed by atoms with E-state index < -0.39 is 0 Å². The molecule has 0 bridgehead atoms. The number of anilines is 1. The number of hydrogen-bond acceptors (Lipinski definition) is 5. The lowest BCUT2D eigenvalue weighted by Crippen LogP contribution is -2.32. The summed E-state index contributed by atoms with van der Waals surface area (Å²) in [6.07, 6.45) is 1.62. The number of hydrogen-bond donors (Lipinski definition) is 1. The number of carbonyl (C=O) groups is 1. The molecule has 0 radical (unpaired) electrons. The first-order valence-corrected chi connectivity index (χ1v) is 9.87. The predicted octanol–water partition coefficient (Wildman–Crippen LogP) is 3.93. The Hall–Kier alpha value is -2.86. The topological polar surface area (TPSA) is 60.5 Å². The number of benzene rings is 2. The second-order valence-corrected chi connectivity index (χ2v) is 7.63. The van der Waals surface area contributed by atoms with Gasteiger partial charge in [-0.3, -0.25) is 4.79 Å². The molecule has 0 spiro atoms. The molecule has 0 saturated carbocycles. The van der Waals surface area contributed by atoms with Gasteiger partial charge in [-0.25, -0.2) is 4.98 Å². The van der Waals surface area contributed by atoms with E-state index in [1.54, 1.807) is 0 Å². The Morgan fingerprint density at radius 3 is 2.96 bits per heavy atom. The fourth-order valence-electron chi connectivity index (χ4n) is 3.51. The van der Waals surface area contributed by atoms with Gasteiger partial charge in [0.1, 0.15) is 18.1 Å². The molecule has 1 unspecified atom stereocenters. The van der Waals surface area contributed by atoms with E-state index >= 15 is 0 Å². The fraction of sp³-hybridized carbons (Fsp3) is 0.238. The lowest BCUT2D eigenvalue weighted by Gasteiger charge is -2.24. The van der Waals surface area contributed by atoms with Crippen molar-refractivity contribution in [1.82, 2.24) is 4.98 Å². The number of thiazole rings is 1. The predicted molar refractivity (Wildman–Crippen MR) is 105 cm³/mol. The lowest BCUT2D eigenvalue weighted by molar-refractivity contribution is -0.121. The number of ether oxygens (including phenoxy) is 2. The van der Waals surface area contributed by atoms with E-state index in [0.717, 1.165) is 41.3 Å². The van der Waals surface area contributed by atoms with Crippen LogP contribution in [0.1, 0.15) is 11.1 Å². The van der Waals surface area contributed by atoms with Gasteiger partial charge in [0.25, 0.3) is 0 Å². The summed E-state index contributed by atoms with van der Waals surface area (Å²) in [5, 5.41) is 5.54. The van der Waals surface area contributed by atoms with Crippen LogP contribution in [0.25, 0.3) is 11.3 Å². The van der Waals surface area contributed by atoms with Gasteiger partial charge in [0, 0.05) is 17.4 Å². The quantitative estimate of drug-likeness (QED) is 0.750. The number of carbonyl (C=O) groups excluding carboxylic acids is 1. The molecule has 0 saturated heterocycles. The van der Waals surface area contributed by atoms with Crippen molar-refractivity contribution >= 4 is 22.4 Å². The van der Waals surface area contributed by atoms with Gasteiger partial charge in [0.05, 0.1) is 18.2 Å². The zero-order valence-corrected chi connectivity index (χ0v) is 15.4. The molecule has 3 aromatic rings. The number of para-hydroxylation sites is 1. The van der Waals surface area contributed by atoms with E-state index in [1.165, 1.54) is 16.9 Å². The second kappa shape index (κ2) is 6.70. The summed E-state index contributed by atoms with van der Waals surface area (Å²) in [4.78, 5) is 17.2. The molecule has 1 N–H and O–H groups in total. The molecule has 6 heteroatoms. The second-order valence-electron chi connectivity index (χ2n) is 6.77. The van der Waals surface area contributed by atoms with E-state index in [9.17, 15) is 4.79 Å². The maximum absolute atomic E-state index is 12.6. The van der Waals surface area contributed by atoms with Crippen molar-refractivity contribution < 1.29 is 14.3 Å². The first kappa shape index (κ1) is 16.3. The van der Waals surface area contributed by atoms with E-state index in [-0.39, 0.29) is 11.8 Å². The van der Waals surface area contributed by atoms with Crippen LogP contribution < -0.4 is 14.8 Å². The molecule has 1 aromatic heterocycles. The third-order valence-electron chi connectivity index (χ3n) is 4.97. The molecule has 5 rings (SSSR count). The Morgan fingerprint density at radius 1 is 1.11 bits per heavy atom. The minimum absolute atomic E-state index is 0.0484. The minimum Gasteiger partial charge on any atom is -0.493 e. The minimum atomic E-state index is -0.204. The largest absolute Gasteiger partial charge is 0.493 e. The van der Waals surface area contributed by atoms with Gasteiger partial charge in [-0.2, -0.15) is 0 Å². The van der Waals surface area contributed by atoms with Crippen molar-refractivity contribution in [1.29, 1.82) is 0 Å². The summed E-state index contributed by atoms with van der Waals surface area (Å²) in [7, 11) is 0. The van der Waals surface area contributed by atoms with Gasteiger partial charge in [-0.1, -0.05) is 18.2 Å². The Morgan fingerprint density at radius 2 is 2.00 bits per heavy atom. The fourth-order valence-corrected chi connectivity index (χ4v) is 4.24. The molecule has 0 fully saturated rings. The Bertz CT molecular complexity index is 1010. The number of fused-ring (bicyclic) bond motifs is 2. The van der Waals surface area contributed by atoms with Crippen molar-refractivity contribution in [3.63, 3.8) is 0 Å². The molecular weight excluding hydrogens is 360 g/mol. The standard InChI is InChI=1S/C21H18N2O3S/c24-20(16-10-14-3-1-2-4-18(14)26-11-16)23-21-22-17(12-27-21)13-5-6-19-15(9-13)7-8-25-19/h1-6,9,12,16H,7-8,10-11H2,(H,22,23,24). The molecule has 2 aromatic carbocycles. The highest BCUT2D eigenvalue weighted by molar-refractivity contribution is 7.14. The molecule has 27 heavy (non-hydrogen) atoms. The van der Waals surface area contributed by atoms with Crippen LogP contribution >= 0.6 is 11.3 Å². The van der Waals surface area contributed by atoms with Gasteiger partial charge in [0.2, 0.25) is 5.91 Å². The molecule has 1 amide bonds. The van der Waals surface area contributed by atoms with Crippen LogP contribution in [0.2, 0.25) is 0 Å². The Balaban J connectivity index is 1.29. The average Bonchev–Trinajstić information content (AvgIpc) is 3.36. The van der Waals surface area contributed by atoms with Crippen LogP contribution in [0.5, 0.6) is 11.5 Å². The van der Waals surface area contributed by atoms with E-state index in [4.69, 9.17) is 9.47 Å². The summed E-state index contributed by atoms with van der Waals surface area (Å²) < 4.78 is 11.3. The zero-order chi connectivity index (χ0) is 18.2. The SMILES string of the molecule is O=C(Nc1nc(-c2ccc3c(c2)CCO3)cs1)C1COc2ccccc2C1. The van der Waals surface area contributed by atoms with Crippen LogP contribution in [-0.4, -0.2) is 24.1 Å². The first-order chi connectivity index (χ1) is 13.3. The van der Waals surface area contributed by atoms with Gasteiger partial charge < -0.3 is 14.8 Å². The van der Waals surface area contributed by atoms with Gasteiger partial charge >= 0.3 is 0 Å². The van der Waals surface area contributed by atoms with E-state index in [2.05, 4.69) is 16.4 Å². The number of nitrogens with one attached hydrogen (secondary N) is 1. The third kappa shape index (κ3) is 3.17. The van der Waals surface area contributed by atoms with Crippen molar-refractivity contribution in [2.75, 3.05) is 18.5 Å². The number of amides is 1. The van der Waals surface area contributed by atoms with Crippen LogP contribution in [-0.2, 0) is 17.6 Å². The lowest BCUT2D eigenvalue weighted by atomic mass is 9.96. The van der Waals surface area contributed by atoms with Gasteiger partial charge in [0.15, 0.2) is 5.13 Å². The number of rotatable bonds is 3.